The molecule has 5 aliphatic rings. The van der Waals surface area contributed by atoms with Crippen LogP contribution in [0.25, 0.3) is 0 Å². The molecule has 0 saturated heterocycles. The van der Waals surface area contributed by atoms with Crippen LogP contribution >= 0.6 is 0 Å². The third kappa shape index (κ3) is 4.91. The van der Waals surface area contributed by atoms with Gasteiger partial charge in [0.2, 0.25) is 0 Å². The third-order valence-electron chi connectivity index (χ3n) is 12.9. The highest BCUT2D eigenvalue weighted by molar-refractivity contribution is 5.95. The van der Waals surface area contributed by atoms with Crippen molar-refractivity contribution < 1.29 is 19.1 Å². The van der Waals surface area contributed by atoms with E-state index in [2.05, 4.69) is 44.4 Å². The van der Waals surface area contributed by atoms with E-state index in [1.54, 1.807) is 0 Å². The molecule has 0 heterocycles. The normalized spacial score (nSPS) is 42.5. The lowest BCUT2D eigenvalue weighted by Gasteiger charge is -2.65. The third-order valence-corrected chi connectivity index (χ3v) is 12.9. The van der Waals surface area contributed by atoms with E-state index in [9.17, 15) is 14.4 Å². The van der Waals surface area contributed by atoms with Gasteiger partial charge in [0, 0.05) is 25.4 Å². The van der Waals surface area contributed by atoms with Gasteiger partial charge in [0.25, 0.3) is 0 Å². The Hall–Kier alpha value is -2.63. The van der Waals surface area contributed by atoms with Crippen LogP contribution < -0.4 is 10.6 Å². The summed E-state index contributed by atoms with van der Waals surface area (Å²) in [6.45, 7) is 11.5. The summed E-state index contributed by atoms with van der Waals surface area (Å²) in [5.41, 5.74) is 2.53. The van der Waals surface area contributed by atoms with E-state index in [0.717, 1.165) is 56.9 Å². The number of rotatable bonds is 4. The number of ketones is 1. The average molecular weight is 575 g/mol. The molecule has 1 aromatic rings. The van der Waals surface area contributed by atoms with E-state index < -0.39 is 0 Å². The molecule has 2 N–H and O–H groups in total. The molecule has 0 radical (unpaired) electrons. The summed E-state index contributed by atoms with van der Waals surface area (Å²) >= 11 is 0. The van der Waals surface area contributed by atoms with E-state index >= 15 is 0 Å². The molecule has 6 heteroatoms. The number of urea groups is 1. The van der Waals surface area contributed by atoms with Crippen molar-refractivity contribution >= 4 is 17.8 Å². The molecule has 0 aliphatic heterocycles. The van der Waals surface area contributed by atoms with Gasteiger partial charge in [-0.05, 0) is 109 Å². The second-order valence-electron chi connectivity index (χ2n) is 15.3. The van der Waals surface area contributed by atoms with Crippen molar-refractivity contribution in [1.29, 1.82) is 0 Å². The van der Waals surface area contributed by atoms with Crippen LogP contribution in [0.1, 0.15) is 98.0 Å². The minimum Gasteiger partial charge on any atom is -0.462 e. The van der Waals surface area contributed by atoms with Crippen molar-refractivity contribution in [3.8, 4) is 0 Å². The van der Waals surface area contributed by atoms with Crippen molar-refractivity contribution in [2.75, 3.05) is 0 Å². The summed E-state index contributed by atoms with van der Waals surface area (Å²) in [4.78, 5) is 39.0. The van der Waals surface area contributed by atoms with Crippen molar-refractivity contribution in [3.63, 3.8) is 0 Å². The highest BCUT2D eigenvalue weighted by atomic mass is 16.5. The molecule has 6 nitrogen and oxygen atoms in total. The molecule has 4 saturated carbocycles. The Balaban J connectivity index is 1.21. The molecule has 1 aromatic carbocycles. The van der Waals surface area contributed by atoms with E-state index in [1.807, 2.05) is 30.3 Å². The zero-order valence-electron chi connectivity index (χ0n) is 26.2. The Labute approximate surface area is 251 Å². The molecule has 10 atom stereocenters. The molecule has 4 fully saturated rings. The number of fused-ring (bicyclic) bond motifs is 7. The van der Waals surface area contributed by atoms with Gasteiger partial charge in [0.05, 0.1) is 0 Å². The maximum absolute atomic E-state index is 14.3. The van der Waals surface area contributed by atoms with Gasteiger partial charge >= 0.3 is 12.0 Å². The number of allylic oxidation sites excluding steroid dienone is 2. The van der Waals surface area contributed by atoms with Gasteiger partial charge in [-0.3, -0.25) is 9.59 Å². The summed E-state index contributed by atoms with van der Waals surface area (Å²) < 4.78 is 5.75. The molecule has 0 bridgehead atoms. The molecule has 5 aliphatic carbocycles. The van der Waals surface area contributed by atoms with Crippen LogP contribution in [0.2, 0.25) is 0 Å². The highest BCUT2D eigenvalue weighted by Crippen LogP contribution is 2.69. The van der Waals surface area contributed by atoms with Gasteiger partial charge in [-0.2, -0.15) is 0 Å². The van der Waals surface area contributed by atoms with Crippen molar-refractivity contribution in [1.82, 2.24) is 10.6 Å². The number of carbonyl (C=O) groups is 3. The van der Waals surface area contributed by atoms with Crippen LogP contribution in [-0.4, -0.2) is 29.9 Å². The fraction of sp³-hybridized carbons (Fsp3) is 0.694. The summed E-state index contributed by atoms with van der Waals surface area (Å²) in [6.07, 6.45) is 11.3. The van der Waals surface area contributed by atoms with E-state index in [0.29, 0.717) is 30.1 Å². The van der Waals surface area contributed by atoms with E-state index in [1.165, 1.54) is 18.9 Å². The Kier molecular flexibility index (Phi) is 7.59. The van der Waals surface area contributed by atoms with E-state index in [-0.39, 0.29) is 52.2 Å². The quantitative estimate of drug-likeness (QED) is 0.380. The minimum atomic E-state index is -0.198. The van der Waals surface area contributed by atoms with Crippen LogP contribution in [-0.2, 0) is 20.9 Å². The van der Waals surface area contributed by atoms with Crippen LogP contribution in [0.3, 0.4) is 0 Å². The maximum Gasteiger partial charge on any atom is 0.315 e. The van der Waals surface area contributed by atoms with Crippen molar-refractivity contribution in [2.45, 2.75) is 111 Å². The number of hydrogen-bond donors (Lipinski definition) is 2. The summed E-state index contributed by atoms with van der Waals surface area (Å²) in [5, 5.41) is 6.32. The Morgan fingerprint density at radius 2 is 1.64 bits per heavy atom. The lowest BCUT2D eigenvalue weighted by molar-refractivity contribution is -0.180. The average Bonchev–Trinajstić information content (AvgIpc) is 2.94. The molecular weight excluding hydrogens is 524 g/mol. The first-order valence-electron chi connectivity index (χ1n) is 16.5. The first kappa shape index (κ1) is 29.4. The second kappa shape index (κ2) is 10.8. The van der Waals surface area contributed by atoms with Gasteiger partial charge in [0.1, 0.15) is 6.10 Å². The maximum atomic E-state index is 14.3. The van der Waals surface area contributed by atoms with E-state index in [4.69, 9.17) is 4.74 Å². The summed E-state index contributed by atoms with van der Waals surface area (Å²) in [6, 6.07) is 10.0. The summed E-state index contributed by atoms with van der Waals surface area (Å²) in [7, 11) is 0. The van der Waals surface area contributed by atoms with Crippen molar-refractivity contribution in [3.05, 3.63) is 47.5 Å². The SMILES string of the molecule is CC(=O)OC1CCC2(C)C(CCC3(C)C4CCC5(C)CCC(NC(=O)NCc6ccccc6)CC5C4=CC(=O)C32)C1C. The van der Waals surface area contributed by atoms with Crippen LogP contribution in [0.15, 0.2) is 42.0 Å². The van der Waals surface area contributed by atoms with Gasteiger partial charge < -0.3 is 15.4 Å². The first-order valence-corrected chi connectivity index (χ1v) is 16.5. The standard InChI is InChI=1S/C36H50N2O4/c1-22-27-13-17-36(5)28-12-16-34(3)15-11-25(38-33(41)37-21-24-9-7-6-8-10-24)19-29(34)26(28)20-30(40)32(36)35(27,4)18-14-31(22)42-23(2)39/h6-10,20,22,25,27-29,31-32H,11-19,21H2,1-5H3,(H2,37,38,41). The molecule has 0 aromatic heterocycles. The summed E-state index contributed by atoms with van der Waals surface area (Å²) in [5.74, 6) is 1.55. The van der Waals surface area contributed by atoms with Crippen LogP contribution in [0.4, 0.5) is 4.79 Å². The predicted octanol–water partition coefficient (Wildman–Crippen LogP) is 6.98. The molecule has 6 rings (SSSR count). The number of hydrogen-bond acceptors (Lipinski definition) is 4. The smallest absolute Gasteiger partial charge is 0.315 e. The molecule has 2 amide bonds. The van der Waals surface area contributed by atoms with Gasteiger partial charge in [0.15, 0.2) is 5.78 Å². The predicted molar refractivity (Wildman–Crippen MR) is 163 cm³/mol. The van der Waals surface area contributed by atoms with Gasteiger partial charge in [-0.1, -0.05) is 63.6 Å². The zero-order chi connectivity index (χ0) is 29.9. The Morgan fingerprint density at radius 3 is 2.38 bits per heavy atom. The molecular formula is C36H50N2O4. The molecule has 42 heavy (non-hydrogen) atoms. The fourth-order valence-corrected chi connectivity index (χ4v) is 10.9. The van der Waals surface area contributed by atoms with Crippen LogP contribution in [0, 0.1) is 45.8 Å². The lowest BCUT2D eigenvalue weighted by atomic mass is 9.38. The largest absolute Gasteiger partial charge is 0.462 e. The monoisotopic (exact) mass is 574 g/mol. The Bertz CT molecular complexity index is 1260. The molecule has 10 unspecified atom stereocenters. The van der Waals surface area contributed by atoms with Crippen molar-refractivity contribution in [2.24, 2.45) is 45.8 Å². The number of carbonyl (C=O) groups excluding carboxylic acids is 3. The fourth-order valence-electron chi connectivity index (χ4n) is 10.9. The number of esters is 1. The minimum absolute atomic E-state index is 0.0175. The topological polar surface area (TPSA) is 84.5 Å². The number of ether oxygens (including phenoxy) is 1. The highest BCUT2D eigenvalue weighted by Gasteiger charge is 2.65. The van der Waals surface area contributed by atoms with Crippen LogP contribution in [0.5, 0.6) is 0 Å². The number of benzene rings is 1. The molecule has 228 valence electrons. The Morgan fingerprint density at radius 1 is 0.929 bits per heavy atom. The number of nitrogens with one attached hydrogen (secondary N) is 2. The second-order valence-corrected chi connectivity index (χ2v) is 15.3. The lowest BCUT2D eigenvalue weighted by Crippen LogP contribution is -2.62. The molecule has 0 spiro atoms. The zero-order valence-corrected chi connectivity index (χ0v) is 26.2. The first-order chi connectivity index (χ1) is 19.9. The van der Waals surface area contributed by atoms with Gasteiger partial charge in [-0.15, -0.1) is 0 Å². The number of amides is 2. The van der Waals surface area contributed by atoms with Gasteiger partial charge in [-0.25, -0.2) is 4.79 Å².